The molecule has 4 rings (SSSR count). The Morgan fingerprint density at radius 1 is 0.897 bits per heavy atom. The van der Waals surface area contributed by atoms with E-state index >= 15 is 0 Å². The summed E-state index contributed by atoms with van der Waals surface area (Å²) in [6.07, 6.45) is 0. The van der Waals surface area contributed by atoms with E-state index in [1.54, 1.807) is 13.0 Å². The second kappa shape index (κ2) is 10.0. The van der Waals surface area contributed by atoms with E-state index in [2.05, 4.69) is 20.4 Å². The standard InChI is InChI=1S/C12H12N2O2.C10H10N2O/c1-2-16-12(15)11-8-10(13-14-11)9-6-4-3-5-7-9;13-7-9-6-10(12-11-9)8-4-2-1-3-5-8/h3-8H,2H2,1H3,(H,13,14);1-6,13H,7H2,(H,11,12). The van der Waals surface area contributed by atoms with Crippen molar-refractivity contribution in [3.8, 4) is 22.5 Å². The Bertz CT molecular complexity index is 1030. The minimum absolute atomic E-state index is 0.000165. The molecule has 0 aliphatic carbocycles. The molecule has 0 saturated heterocycles. The number of ether oxygens (including phenoxy) is 1. The van der Waals surface area contributed by atoms with Crippen molar-refractivity contribution < 1.29 is 14.6 Å². The lowest BCUT2D eigenvalue weighted by molar-refractivity contribution is 0.0519. The number of rotatable bonds is 5. The summed E-state index contributed by atoms with van der Waals surface area (Å²) in [4.78, 5) is 11.4. The Morgan fingerprint density at radius 2 is 1.45 bits per heavy atom. The number of carbonyl (C=O) groups excluding carboxylic acids is 1. The molecule has 7 nitrogen and oxygen atoms in total. The summed E-state index contributed by atoms with van der Waals surface area (Å²) < 4.78 is 4.87. The Labute approximate surface area is 168 Å². The molecule has 0 fully saturated rings. The molecule has 0 spiro atoms. The Balaban J connectivity index is 0.000000169. The number of hydrogen-bond acceptors (Lipinski definition) is 5. The van der Waals surface area contributed by atoms with Crippen LogP contribution in [0.4, 0.5) is 0 Å². The molecule has 7 heteroatoms. The van der Waals surface area contributed by atoms with Crippen molar-refractivity contribution in [2.24, 2.45) is 0 Å². The van der Waals surface area contributed by atoms with Gasteiger partial charge in [0.2, 0.25) is 0 Å². The van der Waals surface area contributed by atoms with Gasteiger partial charge in [-0.15, -0.1) is 0 Å². The van der Waals surface area contributed by atoms with Crippen LogP contribution in [0.1, 0.15) is 23.1 Å². The molecule has 4 aromatic rings. The average molecular weight is 390 g/mol. The highest BCUT2D eigenvalue weighted by atomic mass is 16.5. The molecule has 148 valence electrons. The summed E-state index contributed by atoms with van der Waals surface area (Å²) in [5.74, 6) is -0.378. The number of carbonyl (C=O) groups is 1. The molecule has 0 amide bonds. The molecule has 0 saturated carbocycles. The summed E-state index contributed by atoms with van der Waals surface area (Å²) >= 11 is 0. The third-order valence-electron chi connectivity index (χ3n) is 4.01. The van der Waals surface area contributed by atoms with Gasteiger partial charge in [0.1, 0.15) is 5.69 Å². The first-order valence-electron chi connectivity index (χ1n) is 9.19. The Hall–Kier alpha value is -3.71. The Morgan fingerprint density at radius 3 is 1.97 bits per heavy atom. The summed E-state index contributed by atoms with van der Waals surface area (Å²) in [6, 6.07) is 23.0. The van der Waals surface area contributed by atoms with E-state index in [9.17, 15) is 4.79 Å². The van der Waals surface area contributed by atoms with Gasteiger partial charge in [-0.1, -0.05) is 60.7 Å². The first-order valence-corrected chi connectivity index (χ1v) is 9.19. The first-order chi connectivity index (χ1) is 14.2. The number of hydrogen-bond donors (Lipinski definition) is 3. The summed E-state index contributed by atoms with van der Waals surface area (Å²) in [7, 11) is 0. The summed E-state index contributed by atoms with van der Waals surface area (Å²) in [6.45, 7) is 2.13. The molecular weight excluding hydrogens is 368 g/mol. The van der Waals surface area contributed by atoms with E-state index in [1.807, 2.05) is 66.7 Å². The topological polar surface area (TPSA) is 104 Å². The van der Waals surface area contributed by atoms with Crippen molar-refractivity contribution in [1.82, 2.24) is 20.4 Å². The zero-order chi connectivity index (χ0) is 20.5. The number of H-pyrrole nitrogens is 2. The van der Waals surface area contributed by atoms with Crippen molar-refractivity contribution in [3.63, 3.8) is 0 Å². The van der Waals surface area contributed by atoms with E-state index in [4.69, 9.17) is 9.84 Å². The predicted octanol–water partition coefficient (Wildman–Crippen LogP) is 3.82. The summed E-state index contributed by atoms with van der Waals surface area (Å²) in [5, 5.41) is 22.4. The van der Waals surface area contributed by atoms with Gasteiger partial charge in [0.15, 0.2) is 0 Å². The molecule has 2 aromatic carbocycles. The number of nitrogens with one attached hydrogen (secondary N) is 2. The zero-order valence-corrected chi connectivity index (χ0v) is 16.0. The second-order valence-corrected chi connectivity index (χ2v) is 6.06. The minimum Gasteiger partial charge on any atom is -0.461 e. The van der Waals surface area contributed by atoms with Gasteiger partial charge >= 0.3 is 5.97 Å². The fourth-order valence-electron chi connectivity index (χ4n) is 2.59. The second-order valence-electron chi connectivity index (χ2n) is 6.06. The number of nitrogens with zero attached hydrogens (tertiary/aromatic N) is 2. The highest BCUT2D eigenvalue weighted by molar-refractivity contribution is 5.88. The van der Waals surface area contributed by atoms with Crippen LogP contribution in [-0.2, 0) is 11.3 Å². The number of aliphatic hydroxyl groups is 1. The van der Waals surface area contributed by atoms with Crippen molar-refractivity contribution in [2.75, 3.05) is 6.61 Å². The maximum Gasteiger partial charge on any atom is 0.356 e. The van der Waals surface area contributed by atoms with Crippen LogP contribution in [0.25, 0.3) is 22.5 Å². The van der Waals surface area contributed by atoms with Crippen LogP contribution in [0.15, 0.2) is 72.8 Å². The van der Waals surface area contributed by atoms with Crippen LogP contribution in [0.2, 0.25) is 0 Å². The van der Waals surface area contributed by atoms with Gasteiger partial charge in [-0.3, -0.25) is 10.2 Å². The van der Waals surface area contributed by atoms with Gasteiger partial charge in [0.25, 0.3) is 0 Å². The first kappa shape index (κ1) is 20.0. The SMILES string of the molecule is CCOC(=O)c1cc(-c2ccccc2)n[nH]1.OCc1cc(-c2ccccc2)n[nH]1. The normalized spacial score (nSPS) is 10.1. The molecule has 0 unspecified atom stereocenters. The number of benzene rings is 2. The van der Waals surface area contributed by atoms with E-state index in [0.29, 0.717) is 12.3 Å². The van der Waals surface area contributed by atoms with Gasteiger partial charge in [0, 0.05) is 11.1 Å². The lowest BCUT2D eigenvalue weighted by Gasteiger charge is -1.96. The van der Waals surface area contributed by atoms with Gasteiger partial charge in [-0.25, -0.2) is 4.79 Å². The van der Waals surface area contributed by atoms with Crippen molar-refractivity contribution in [3.05, 3.63) is 84.2 Å². The fraction of sp³-hybridized carbons (Fsp3) is 0.136. The highest BCUT2D eigenvalue weighted by Crippen LogP contribution is 2.17. The van der Waals surface area contributed by atoms with Crippen molar-refractivity contribution in [1.29, 1.82) is 0 Å². The maximum atomic E-state index is 11.4. The molecular formula is C22H22N4O3. The maximum absolute atomic E-state index is 11.4. The van der Waals surface area contributed by atoms with Crippen LogP contribution in [0.3, 0.4) is 0 Å². The molecule has 0 aliphatic heterocycles. The van der Waals surface area contributed by atoms with Crippen molar-refractivity contribution in [2.45, 2.75) is 13.5 Å². The van der Waals surface area contributed by atoms with E-state index in [1.165, 1.54) is 0 Å². The van der Waals surface area contributed by atoms with Crippen LogP contribution in [-0.4, -0.2) is 38.1 Å². The van der Waals surface area contributed by atoms with Gasteiger partial charge < -0.3 is 9.84 Å². The molecule has 2 heterocycles. The molecule has 3 N–H and O–H groups in total. The van der Waals surface area contributed by atoms with Gasteiger partial charge in [-0.05, 0) is 19.1 Å². The molecule has 2 aromatic heterocycles. The Kier molecular flexibility index (Phi) is 6.91. The quantitative estimate of drug-likeness (QED) is 0.449. The number of esters is 1. The lowest BCUT2D eigenvalue weighted by Crippen LogP contribution is -2.04. The van der Waals surface area contributed by atoms with E-state index in [0.717, 1.165) is 28.2 Å². The van der Waals surface area contributed by atoms with Crippen LogP contribution in [0, 0.1) is 0 Å². The highest BCUT2D eigenvalue weighted by Gasteiger charge is 2.11. The van der Waals surface area contributed by atoms with Gasteiger partial charge in [0.05, 0.1) is 30.3 Å². The van der Waals surface area contributed by atoms with Crippen LogP contribution >= 0.6 is 0 Å². The molecule has 0 bridgehead atoms. The van der Waals surface area contributed by atoms with Crippen molar-refractivity contribution >= 4 is 5.97 Å². The smallest absolute Gasteiger partial charge is 0.356 e. The minimum atomic E-state index is -0.378. The molecule has 0 atom stereocenters. The average Bonchev–Trinajstić information content (AvgIpc) is 3.46. The summed E-state index contributed by atoms with van der Waals surface area (Å²) in [5.41, 5.74) is 4.74. The van der Waals surface area contributed by atoms with Crippen LogP contribution < -0.4 is 0 Å². The van der Waals surface area contributed by atoms with Gasteiger partial charge in [-0.2, -0.15) is 10.2 Å². The third-order valence-corrected chi connectivity index (χ3v) is 4.01. The molecule has 0 aliphatic rings. The molecule has 0 radical (unpaired) electrons. The van der Waals surface area contributed by atoms with E-state index < -0.39 is 0 Å². The van der Waals surface area contributed by atoms with Crippen LogP contribution in [0.5, 0.6) is 0 Å². The number of aliphatic hydroxyl groups excluding tert-OH is 1. The predicted molar refractivity (Wildman–Crippen MR) is 110 cm³/mol. The number of aromatic amines is 2. The largest absolute Gasteiger partial charge is 0.461 e. The van der Waals surface area contributed by atoms with E-state index in [-0.39, 0.29) is 12.6 Å². The fourth-order valence-corrected chi connectivity index (χ4v) is 2.59. The molecule has 29 heavy (non-hydrogen) atoms. The third kappa shape index (κ3) is 5.40. The zero-order valence-electron chi connectivity index (χ0n) is 16.0. The number of aromatic nitrogens is 4. The monoisotopic (exact) mass is 390 g/mol. The lowest BCUT2D eigenvalue weighted by atomic mass is 10.1.